The number of carbonyl (C=O) groups is 2. The molecule has 1 aromatic heterocycles. The Balaban J connectivity index is 1.83. The van der Waals surface area contributed by atoms with Crippen LogP contribution in [0.3, 0.4) is 0 Å². The van der Waals surface area contributed by atoms with Crippen LogP contribution in [0.4, 0.5) is 4.79 Å². The molecule has 0 saturated heterocycles. The van der Waals surface area contributed by atoms with Gasteiger partial charge in [0.25, 0.3) is 0 Å². The number of ketones is 1. The fraction of sp³-hybridized carbons (Fsp3) is 0.478. The number of aromatic nitrogens is 1. The number of aromatic hydroxyl groups is 2. The highest BCUT2D eigenvalue weighted by Gasteiger charge is 2.39. The predicted octanol–water partition coefficient (Wildman–Crippen LogP) is 3.71. The third-order valence-corrected chi connectivity index (χ3v) is 5.34. The predicted molar refractivity (Wildman–Crippen MR) is 114 cm³/mol. The summed E-state index contributed by atoms with van der Waals surface area (Å²) in [6.07, 6.45) is 1.83. The normalized spacial score (nSPS) is 15.1. The van der Waals surface area contributed by atoms with E-state index in [2.05, 4.69) is 5.32 Å². The highest BCUT2D eigenvalue weighted by atomic mass is 16.7. The smallest absolute Gasteiger partial charge is 0.408 e. The summed E-state index contributed by atoms with van der Waals surface area (Å²) in [4.78, 5) is 31.2. The monoisotopic (exact) mass is 430 g/mol. The summed E-state index contributed by atoms with van der Waals surface area (Å²) in [6.45, 7) is 6.84. The molecule has 31 heavy (non-hydrogen) atoms. The Morgan fingerprint density at radius 1 is 1.16 bits per heavy atom. The van der Waals surface area contributed by atoms with E-state index in [0.717, 1.165) is 29.6 Å². The van der Waals surface area contributed by atoms with Crippen LogP contribution in [0.15, 0.2) is 30.3 Å². The molecule has 2 aromatic rings. The van der Waals surface area contributed by atoms with E-state index in [4.69, 9.17) is 9.57 Å². The highest BCUT2D eigenvalue weighted by molar-refractivity contribution is 6.05. The number of rotatable bonds is 7. The first kappa shape index (κ1) is 22.5. The van der Waals surface area contributed by atoms with Crippen LogP contribution in [0.2, 0.25) is 0 Å². The first-order chi connectivity index (χ1) is 14.6. The lowest BCUT2D eigenvalue weighted by atomic mass is 9.77. The third kappa shape index (κ3) is 5.13. The fourth-order valence-corrected chi connectivity index (χ4v) is 3.52. The molecule has 0 radical (unpaired) electrons. The van der Waals surface area contributed by atoms with Gasteiger partial charge in [-0.15, -0.1) is 4.73 Å². The summed E-state index contributed by atoms with van der Waals surface area (Å²) >= 11 is 0. The molecule has 0 bridgehead atoms. The summed E-state index contributed by atoms with van der Waals surface area (Å²) in [5, 5.41) is 23.8. The Bertz CT molecular complexity index is 941. The SMILES string of the molecule is Cc1c(C(=O)C(NC(=O)OC(C)(C)C)C2CCC2)c(O)n(OCc2ccccc2)c1O. The van der Waals surface area contributed by atoms with Crippen LogP contribution in [0, 0.1) is 12.8 Å². The number of alkyl carbamates (subject to hydrolysis) is 1. The van der Waals surface area contributed by atoms with Gasteiger partial charge in [0.1, 0.15) is 12.2 Å². The number of amides is 1. The van der Waals surface area contributed by atoms with Crippen molar-refractivity contribution in [2.24, 2.45) is 5.92 Å². The van der Waals surface area contributed by atoms with Crippen molar-refractivity contribution < 1.29 is 29.4 Å². The van der Waals surface area contributed by atoms with E-state index >= 15 is 0 Å². The quantitative estimate of drug-likeness (QED) is 0.578. The lowest BCUT2D eigenvalue weighted by Gasteiger charge is -2.33. The Kier molecular flexibility index (Phi) is 6.48. The van der Waals surface area contributed by atoms with Crippen molar-refractivity contribution in [1.29, 1.82) is 0 Å². The number of carbonyl (C=O) groups excluding carboxylic acids is 2. The molecule has 168 valence electrons. The van der Waals surface area contributed by atoms with Gasteiger partial charge in [0.2, 0.25) is 11.8 Å². The van der Waals surface area contributed by atoms with Gasteiger partial charge in [-0.3, -0.25) is 4.79 Å². The van der Waals surface area contributed by atoms with Gasteiger partial charge < -0.3 is 25.1 Å². The van der Waals surface area contributed by atoms with Gasteiger partial charge >= 0.3 is 6.09 Å². The fourth-order valence-electron chi connectivity index (χ4n) is 3.52. The Morgan fingerprint density at radius 3 is 2.35 bits per heavy atom. The summed E-state index contributed by atoms with van der Waals surface area (Å²) in [6, 6.07) is 8.38. The molecule has 0 aliphatic heterocycles. The van der Waals surface area contributed by atoms with Crippen molar-refractivity contribution in [2.45, 2.75) is 65.2 Å². The number of Topliss-reactive ketones (excluding diaryl/α,β-unsaturated/α-hetero) is 1. The van der Waals surface area contributed by atoms with Gasteiger partial charge in [0.15, 0.2) is 5.78 Å². The summed E-state index contributed by atoms with van der Waals surface area (Å²) < 4.78 is 6.15. The molecular formula is C23H30N2O6. The molecule has 1 aliphatic rings. The first-order valence-corrected chi connectivity index (χ1v) is 10.4. The van der Waals surface area contributed by atoms with E-state index in [9.17, 15) is 19.8 Å². The first-order valence-electron chi connectivity index (χ1n) is 10.4. The van der Waals surface area contributed by atoms with Crippen molar-refractivity contribution in [3.05, 3.63) is 47.0 Å². The topological polar surface area (TPSA) is 110 Å². The molecule has 1 amide bonds. The van der Waals surface area contributed by atoms with Crippen LogP contribution < -0.4 is 10.2 Å². The summed E-state index contributed by atoms with van der Waals surface area (Å²) in [7, 11) is 0. The van der Waals surface area contributed by atoms with Gasteiger partial charge in [-0.2, -0.15) is 0 Å². The van der Waals surface area contributed by atoms with Gasteiger partial charge in [0.05, 0.1) is 11.6 Å². The van der Waals surface area contributed by atoms with Crippen LogP contribution in [0.1, 0.15) is 61.5 Å². The molecule has 0 spiro atoms. The lowest BCUT2D eigenvalue weighted by Crippen LogP contribution is -2.49. The van der Waals surface area contributed by atoms with Crippen molar-refractivity contribution in [2.75, 3.05) is 0 Å². The molecular weight excluding hydrogens is 400 g/mol. The molecule has 1 heterocycles. The van der Waals surface area contributed by atoms with Crippen LogP contribution in [-0.2, 0) is 11.3 Å². The molecule has 1 saturated carbocycles. The maximum atomic E-state index is 13.4. The minimum atomic E-state index is -0.863. The van der Waals surface area contributed by atoms with Crippen LogP contribution >= 0.6 is 0 Å². The zero-order valence-electron chi connectivity index (χ0n) is 18.3. The maximum absolute atomic E-state index is 13.4. The van der Waals surface area contributed by atoms with E-state index in [1.165, 1.54) is 6.92 Å². The maximum Gasteiger partial charge on any atom is 0.408 e. The third-order valence-electron chi connectivity index (χ3n) is 5.34. The average molecular weight is 431 g/mol. The second-order valence-corrected chi connectivity index (χ2v) is 8.88. The number of nitrogens with one attached hydrogen (secondary N) is 1. The Morgan fingerprint density at radius 2 is 1.81 bits per heavy atom. The Hall–Kier alpha value is -3.16. The molecule has 8 nitrogen and oxygen atoms in total. The standard InChI is InChI=1S/C23H30N2O6/c1-14-17(21(28)25(20(14)27)30-13-15-9-6-5-7-10-15)19(26)18(16-11-8-12-16)24-22(29)31-23(2,3)4/h5-7,9-10,16,18,27-28H,8,11-13H2,1-4H3,(H,24,29). The molecule has 1 atom stereocenters. The highest BCUT2D eigenvalue weighted by Crippen LogP contribution is 2.37. The molecule has 3 N–H and O–H groups in total. The summed E-state index contributed by atoms with van der Waals surface area (Å²) in [5.74, 6) is -1.40. The Labute approximate surface area is 181 Å². The van der Waals surface area contributed by atoms with E-state index in [-0.39, 0.29) is 29.5 Å². The average Bonchev–Trinajstić information content (AvgIpc) is 2.85. The number of ether oxygens (including phenoxy) is 1. The van der Waals surface area contributed by atoms with Crippen LogP contribution in [0.5, 0.6) is 11.8 Å². The molecule has 3 rings (SSSR count). The summed E-state index contributed by atoms with van der Waals surface area (Å²) in [5.41, 5.74) is 0.242. The van der Waals surface area contributed by atoms with Crippen molar-refractivity contribution in [3.8, 4) is 11.8 Å². The largest absolute Gasteiger partial charge is 0.492 e. The zero-order valence-corrected chi connectivity index (χ0v) is 18.3. The number of hydrogen-bond donors (Lipinski definition) is 3. The van der Waals surface area contributed by atoms with Crippen molar-refractivity contribution in [1.82, 2.24) is 10.0 Å². The van der Waals surface area contributed by atoms with E-state index < -0.39 is 29.4 Å². The second kappa shape index (κ2) is 8.91. The lowest BCUT2D eigenvalue weighted by molar-refractivity contribution is 0.0444. The molecule has 1 unspecified atom stereocenters. The minimum Gasteiger partial charge on any atom is -0.492 e. The number of benzene rings is 1. The van der Waals surface area contributed by atoms with Crippen molar-refractivity contribution >= 4 is 11.9 Å². The van der Waals surface area contributed by atoms with E-state index in [1.807, 2.05) is 30.3 Å². The van der Waals surface area contributed by atoms with Crippen molar-refractivity contribution in [3.63, 3.8) is 0 Å². The van der Waals surface area contributed by atoms with Gasteiger partial charge in [-0.25, -0.2) is 4.79 Å². The van der Waals surface area contributed by atoms with Gasteiger partial charge in [-0.1, -0.05) is 36.8 Å². The number of nitrogens with zero attached hydrogens (tertiary/aromatic N) is 1. The molecule has 1 fully saturated rings. The minimum absolute atomic E-state index is 0.0606. The molecule has 1 aromatic carbocycles. The van der Waals surface area contributed by atoms with E-state index in [1.54, 1.807) is 20.8 Å². The van der Waals surface area contributed by atoms with Crippen LogP contribution in [0.25, 0.3) is 0 Å². The van der Waals surface area contributed by atoms with E-state index in [0.29, 0.717) is 0 Å². The van der Waals surface area contributed by atoms with Gasteiger partial charge in [-0.05, 0) is 52.0 Å². The number of hydrogen-bond acceptors (Lipinski definition) is 6. The molecule has 8 heteroatoms. The van der Waals surface area contributed by atoms with Crippen LogP contribution in [-0.4, -0.2) is 38.5 Å². The zero-order chi connectivity index (χ0) is 22.8. The van der Waals surface area contributed by atoms with Gasteiger partial charge in [0, 0.05) is 5.56 Å². The second-order valence-electron chi connectivity index (χ2n) is 8.88. The molecule has 1 aliphatic carbocycles.